The van der Waals surface area contributed by atoms with Crippen molar-refractivity contribution >= 4 is 23.2 Å². The van der Waals surface area contributed by atoms with E-state index in [0.29, 0.717) is 36.5 Å². The van der Waals surface area contributed by atoms with E-state index in [0.717, 1.165) is 0 Å². The van der Waals surface area contributed by atoms with Gasteiger partial charge in [-0.05, 0) is 42.7 Å². The van der Waals surface area contributed by atoms with Crippen LogP contribution in [0.5, 0.6) is 0 Å². The minimum Gasteiger partial charge on any atom is -0.325 e. The second-order valence-corrected chi connectivity index (χ2v) is 7.14. The molecule has 1 aromatic heterocycles. The predicted molar refractivity (Wildman–Crippen MR) is 104 cm³/mol. The van der Waals surface area contributed by atoms with E-state index in [4.69, 9.17) is 11.6 Å². The molecule has 6 nitrogen and oxygen atoms in total. The minimum atomic E-state index is -0.508. The van der Waals surface area contributed by atoms with Gasteiger partial charge in [-0.2, -0.15) is 5.10 Å². The van der Waals surface area contributed by atoms with Crippen LogP contribution in [0.2, 0.25) is 5.02 Å². The number of nitrogens with zero attached hydrogens (tertiary/aromatic N) is 3. The molecule has 1 aliphatic heterocycles. The monoisotopic (exact) mass is 400 g/mol. The number of aromatic nitrogens is 3. The van der Waals surface area contributed by atoms with Gasteiger partial charge in [0.2, 0.25) is 5.91 Å². The zero-order valence-electron chi connectivity index (χ0n) is 14.9. The van der Waals surface area contributed by atoms with Gasteiger partial charge in [-0.3, -0.25) is 9.36 Å². The van der Waals surface area contributed by atoms with Crippen molar-refractivity contribution in [1.82, 2.24) is 14.3 Å². The summed E-state index contributed by atoms with van der Waals surface area (Å²) in [5.74, 6) is -0.693. The molecule has 1 atom stereocenters. The number of anilines is 1. The van der Waals surface area contributed by atoms with Crippen LogP contribution >= 0.6 is 11.6 Å². The number of hydrogen-bond donors (Lipinski definition) is 1. The Kier molecular flexibility index (Phi) is 5.00. The summed E-state index contributed by atoms with van der Waals surface area (Å²) in [4.78, 5) is 25.5. The molecule has 1 amide bonds. The zero-order valence-corrected chi connectivity index (χ0v) is 15.7. The normalized spacial score (nSPS) is 15.9. The second kappa shape index (κ2) is 7.59. The molecule has 2 heterocycles. The Morgan fingerprint density at radius 1 is 1.25 bits per heavy atom. The van der Waals surface area contributed by atoms with Crippen molar-refractivity contribution in [2.24, 2.45) is 0 Å². The Bertz CT molecular complexity index is 1080. The van der Waals surface area contributed by atoms with Crippen molar-refractivity contribution in [3.63, 3.8) is 0 Å². The highest BCUT2D eigenvalue weighted by Crippen LogP contribution is 2.26. The maximum Gasteiger partial charge on any atom is 0.346 e. The van der Waals surface area contributed by atoms with Crippen molar-refractivity contribution in [3.05, 3.63) is 81.2 Å². The van der Waals surface area contributed by atoms with Crippen LogP contribution in [0.3, 0.4) is 0 Å². The fourth-order valence-electron chi connectivity index (χ4n) is 3.42. The molecule has 1 aliphatic rings. The summed E-state index contributed by atoms with van der Waals surface area (Å²) in [5.41, 5.74) is 0.989. The van der Waals surface area contributed by atoms with Gasteiger partial charge in [0.25, 0.3) is 0 Å². The first kappa shape index (κ1) is 18.4. The summed E-state index contributed by atoms with van der Waals surface area (Å²) in [5, 5.41) is 7.52. The molecular weight excluding hydrogens is 383 g/mol. The fraction of sp³-hybridized carbons (Fsp3) is 0.250. The number of halogens is 2. The van der Waals surface area contributed by atoms with Crippen molar-refractivity contribution in [2.75, 3.05) is 5.32 Å². The molecule has 28 heavy (non-hydrogen) atoms. The zero-order chi connectivity index (χ0) is 19.7. The number of hydrogen-bond acceptors (Lipinski definition) is 3. The highest BCUT2D eigenvalue weighted by molar-refractivity contribution is 6.31. The van der Waals surface area contributed by atoms with Gasteiger partial charge in [0.05, 0.1) is 12.5 Å². The lowest BCUT2D eigenvalue weighted by Crippen LogP contribution is -2.32. The lowest BCUT2D eigenvalue weighted by molar-refractivity contribution is -0.118. The van der Waals surface area contributed by atoms with Gasteiger partial charge in [-0.1, -0.05) is 35.9 Å². The first-order valence-corrected chi connectivity index (χ1v) is 9.38. The molecule has 1 N–H and O–H groups in total. The van der Waals surface area contributed by atoms with Crippen molar-refractivity contribution in [1.29, 1.82) is 0 Å². The van der Waals surface area contributed by atoms with Gasteiger partial charge in [0, 0.05) is 17.3 Å². The molecule has 3 aromatic rings. The summed E-state index contributed by atoms with van der Waals surface area (Å²) in [7, 11) is 0. The van der Waals surface area contributed by atoms with Gasteiger partial charge < -0.3 is 5.32 Å². The van der Waals surface area contributed by atoms with E-state index in [-0.39, 0.29) is 23.2 Å². The average molecular weight is 401 g/mol. The molecule has 0 bridgehead atoms. The molecule has 0 aliphatic carbocycles. The standard InChI is InChI=1S/C20H18ClFN4O2/c21-17-11-14(22)9-8-13(17)12-26-20(28)25-10-4-7-16(18(25)24-26)19(27)23-15-5-2-1-3-6-15/h1-3,5-6,8-9,11,16H,4,7,10,12H2,(H,23,27). The SMILES string of the molecule is O=C(Nc1ccccc1)C1CCCn2c1nn(Cc1ccc(F)cc1Cl)c2=O. The first-order chi connectivity index (χ1) is 13.5. The minimum absolute atomic E-state index is 0.116. The third-order valence-corrected chi connectivity index (χ3v) is 5.18. The maximum absolute atomic E-state index is 13.3. The first-order valence-electron chi connectivity index (χ1n) is 9.00. The fourth-order valence-corrected chi connectivity index (χ4v) is 3.65. The molecule has 2 aromatic carbocycles. The predicted octanol–water partition coefficient (Wildman–Crippen LogP) is 3.40. The molecule has 1 unspecified atom stereocenters. The molecule has 0 fully saturated rings. The van der Waals surface area contributed by atoms with Crippen LogP contribution in [0.15, 0.2) is 53.3 Å². The highest BCUT2D eigenvalue weighted by Gasteiger charge is 2.31. The van der Waals surface area contributed by atoms with Crippen LogP contribution in [-0.2, 0) is 17.9 Å². The van der Waals surface area contributed by atoms with E-state index >= 15 is 0 Å². The van der Waals surface area contributed by atoms with Gasteiger partial charge in [-0.15, -0.1) is 0 Å². The topological polar surface area (TPSA) is 68.9 Å². The van der Waals surface area contributed by atoms with Crippen LogP contribution in [0.25, 0.3) is 0 Å². The Labute approximate surface area is 165 Å². The lowest BCUT2D eigenvalue weighted by atomic mass is 9.98. The van der Waals surface area contributed by atoms with Gasteiger partial charge in [0.15, 0.2) is 0 Å². The third kappa shape index (κ3) is 3.57. The number of benzene rings is 2. The Balaban J connectivity index is 1.62. The second-order valence-electron chi connectivity index (χ2n) is 6.74. The van der Waals surface area contributed by atoms with Crippen molar-refractivity contribution < 1.29 is 9.18 Å². The van der Waals surface area contributed by atoms with E-state index in [2.05, 4.69) is 10.4 Å². The molecule has 144 valence electrons. The van der Waals surface area contributed by atoms with E-state index in [1.807, 2.05) is 30.3 Å². The van der Waals surface area contributed by atoms with E-state index in [1.54, 1.807) is 0 Å². The number of amides is 1. The summed E-state index contributed by atoms with van der Waals surface area (Å²) in [6.45, 7) is 0.630. The van der Waals surface area contributed by atoms with Crippen LogP contribution < -0.4 is 11.0 Å². The largest absolute Gasteiger partial charge is 0.346 e. The average Bonchev–Trinajstić information content (AvgIpc) is 3.00. The molecule has 0 saturated carbocycles. The number of para-hydroxylation sites is 1. The van der Waals surface area contributed by atoms with Crippen molar-refractivity contribution in [3.8, 4) is 0 Å². The third-order valence-electron chi connectivity index (χ3n) is 4.83. The van der Waals surface area contributed by atoms with E-state index < -0.39 is 11.7 Å². The number of nitrogens with one attached hydrogen (secondary N) is 1. The molecule has 0 saturated heterocycles. The Morgan fingerprint density at radius 3 is 2.79 bits per heavy atom. The van der Waals surface area contributed by atoms with Gasteiger partial charge in [-0.25, -0.2) is 13.9 Å². The van der Waals surface area contributed by atoms with Gasteiger partial charge >= 0.3 is 5.69 Å². The molecule has 8 heteroatoms. The number of fused-ring (bicyclic) bond motifs is 1. The Hall–Kier alpha value is -2.93. The summed E-state index contributed by atoms with van der Waals surface area (Å²) >= 11 is 6.07. The van der Waals surface area contributed by atoms with E-state index in [9.17, 15) is 14.0 Å². The highest BCUT2D eigenvalue weighted by atomic mass is 35.5. The summed E-state index contributed by atoms with van der Waals surface area (Å²) < 4.78 is 16.1. The number of rotatable bonds is 4. The van der Waals surface area contributed by atoms with Gasteiger partial charge in [0.1, 0.15) is 11.6 Å². The van der Waals surface area contributed by atoms with Crippen LogP contribution in [-0.4, -0.2) is 20.3 Å². The smallest absolute Gasteiger partial charge is 0.325 e. The Morgan fingerprint density at radius 2 is 2.04 bits per heavy atom. The van der Waals surface area contributed by atoms with Crippen molar-refractivity contribution in [2.45, 2.75) is 31.8 Å². The molecular formula is C20H18ClFN4O2. The summed E-state index contributed by atoms with van der Waals surface area (Å²) in [6.07, 6.45) is 1.33. The van der Waals surface area contributed by atoms with E-state index in [1.165, 1.54) is 27.4 Å². The number of carbonyl (C=O) groups is 1. The number of carbonyl (C=O) groups excluding carboxylic acids is 1. The van der Waals surface area contributed by atoms with Crippen LogP contribution in [0.1, 0.15) is 30.1 Å². The quantitative estimate of drug-likeness (QED) is 0.729. The molecule has 0 spiro atoms. The molecule has 0 radical (unpaired) electrons. The van der Waals surface area contributed by atoms with Crippen LogP contribution in [0, 0.1) is 5.82 Å². The maximum atomic E-state index is 13.3. The summed E-state index contributed by atoms with van der Waals surface area (Å²) in [6, 6.07) is 13.2. The lowest BCUT2D eigenvalue weighted by Gasteiger charge is -2.21. The van der Waals surface area contributed by atoms with Crippen LogP contribution in [0.4, 0.5) is 10.1 Å². The molecule has 4 rings (SSSR count).